The summed E-state index contributed by atoms with van der Waals surface area (Å²) < 4.78 is 4.97. The Morgan fingerprint density at radius 2 is 0.625 bits per heavy atom. The molecular weight excluding hydrogens is 973 g/mol. The van der Waals surface area contributed by atoms with Crippen LogP contribution >= 0.6 is 0 Å². The van der Waals surface area contributed by atoms with E-state index in [2.05, 4.69) is 244 Å². The molecule has 3 aromatic heterocycles. The second kappa shape index (κ2) is 19.2. The minimum absolute atomic E-state index is 0.0626. The maximum absolute atomic E-state index is 9.93. The van der Waals surface area contributed by atoms with E-state index < -0.39 is 0 Å². The minimum Gasteiger partial charge on any atom is -0.309 e. The van der Waals surface area contributed by atoms with Crippen molar-refractivity contribution in [2.75, 3.05) is 0 Å². The van der Waals surface area contributed by atoms with Crippen LogP contribution in [0.2, 0.25) is 0 Å². The number of hydrogen-bond acceptors (Lipinski definition) is 4. The molecule has 6 heteroatoms. The molecule has 0 aliphatic carbocycles. The molecule has 0 amide bonds. The third kappa shape index (κ3) is 9.35. The lowest BCUT2D eigenvalue weighted by atomic mass is 9.85. The molecule has 0 spiro atoms. The average Bonchev–Trinajstić information content (AvgIpc) is 3.38. The summed E-state index contributed by atoms with van der Waals surface area (Å²) in [5, 5.41) is 14.8. The third-order valence-electron chi connectivity index (χ3n) is 16.1. The van der Waals surface area contributed by atoms with Gasteiger partial charge in [0.2, 0.25) is 0 Å². The Balaban J connectivity index is 1.23. The molecular formula is C74H68N6. The Kier molecular flexibility index (Phi) is 12.4. The molecule has 0 N–H and O–H groups in total. The maximum Gasteiger partial charge on any atom is 0.164 e. The molecule has 6 nitrogen and oxygen atoms in total. The highest BCUT2D eigenvalue weighted by Gasteiger charge is 2.27. The van der Waals surface area contributed by atoms with Gasteiger partial charge in [0, 0.05) is 49.4 Å². The van der Waals surface area contributed by atoms with E-state index in [0.717, 1.165) is 72.4 Å². The number of nitriles is 1. The molecule has 0 bridgehead atoms. The van der Waals surface area contributed by atoms with Crippen LogP contribution in [0.25, 0.3) is 111 Å². The van der Waals surface area contributed by atoms with Crippen molar-refractivity contribution >= 4 is 43.6 Å². The van der Waals surface area contributed by atoms with Crippen molar-refractivity contribution in [3.8, 4) is 73.9 Å². The lowest BCUT2D eigenvalue weighted by molar-refractivity contribution is 0.590. The van der Waals surface area contributed by atoms with Gasteiger partial charge in [-0.05, 0) is 146 Å². The Morgan fingerprint density at radius 3 is 0.963 bits per heavy atom. The maximum atomic E-state index is 9.93. The summed E-state index contributed by atoms with van der Waals surface area (Å²) in [4.78, 5) is 15.8. The van der Waals surface area contributed by atoms with Crippen LogP contribution in [0.5, 0.6) is 0 Å². The first kappa shape index (κ1) is 51.8. The Labute approximate surface area is 471 Å². The number of aromatic nitrogens is 5. The molecule has 0 radical (unpaired) electrons. The zero-order chi connectivity index (χ0) is 56.0. The van der Waals surface area contributed by atoms with Crippen molar-refractivity contribution in [2.24, 2.45) is 0 Å². The molecule has 0 saturated carbocycles. The van der Waals surface area contributed by atoms with Crippen LogP contribution < -0.4 is 0 Å². The quantitative estimate of drug-likeness (QED) is 0.159. The van der Waals surface area contributed by atoms with Gasteiger partial charge in [-0.1, -0.05) is 186 Å². The first-order valence-electron chi connectivity index (χ1n) is 28.0. The van der Waals surface area contributed by atoms with Gasteiger partial charge in [0.25, 0.3) is 0 Å². The lowest BCUT2D eigenvalue weighted by Crippen LogP contribution is -2.10. The van der Waals surface area contributed by atoms with Crippen molar-refractivity contribution in [3.05, 3.63) is 222 Å². The standard InChI is InChI=1S/C74H68N6/c1-71(2,3)52-29-35-64-58(41-52)59-42-53(72(4,5)6)30-36-65(59)79(64)62-33-27-50(47-25-23-46(45-75)24-26-47)39-56(62)57-40-51(70-77-68(48-19-15-13-16-20-48)76-69(78-70)49-21-17-14-18-22-49)28-34-63(57)80-66-37-31-54(73(7,8)9)43-60(66)61-44-55(74(10,11)12)32-38-67(61)80/h13-44H,1-12H3. The van der Waals surface area contributed by atoms with Gasteiger partial charge in [-0.25, -0.2) is 15.0 Å². The van der Waals surface area contributed by atoms with E-state index in [9.17, 15) is 5.26 Å². The molecule has 0 unspecified atom stereocenters. The van der Waals surface area contributed by atoms with Crippen LogP contribution in [0.3, 0.4) is 0 Å². The predicted molar refractivity (Wildman–Crippen MR) is 335 cm³/mol. The van der Waals surface area contributed by atoms with Crippen molar-refractivity contribution in [2.45, 2.75) is 105 Å². The first-order chi connectivity index (χ1) is 38.1. The Morgan fingerprint density at radius 1 is 0.312 bits per heavy atom. The van der Waals surface area contributed by atoms with E-state index in [1.807, 2.05) is 48.5 Å². The van der Waals surface area contributed by atoms with Crippen LogP contribution in [0.1, 0.15) is 111 Å². The van der Waals surface area contributed by atoms with Crippen LogP contribution in [0.15, 0.2) is 194 Å². The fourth-order valence-corrected chi connectivity index (χ4v) is 11.3. The van der Waals surface area contributed by atoms with Gasteiger partial charge in [-0.15, -0.1) is 0 Å². The molecule has 12 aromatic rings. The van der Waals surface area contributed by atoms with E-state index in [0.29, 0.717) is 23.0 Å². The molecule has 9 aromatic carbocycles. The normalized spacial score (nSPS) is 12.5. The monoisotopic (exact) mass is 1040 g/mol. The van der Waals surface area contributed by atoms with Crippen molar-refractivity contribution in [1.29, 1.82) is 5.26 Å². The number of hydrogen-bond donors (Lipinski definition) is 0. The highest BCUT2D eigenvalue weighted by molar-refractivity contribution is 6.12. The summed E-state index contributed by atoms with van der Waals surface area (Å²) in [7, 11) is 0. The van der Waals surface area contributed by atoms with Gasteiger partial charge >= 0.3 is 0 Å². The minimum atomic E-state index is -0.0663. The summed E-state index contributed by atoms with van der Waals surface area (Å²) in [6, 6.07) is 72.6. The molecule has 0 fully saturated rings. The van der Waals surface area contributed by atoms with Gasteiger partial charge < -0.3 is 9.13 Å². The second-order valence-electron chi connectivity index (χ2n) is 25.8. The van der Waals surface area contributed by atoms with E-state index in [4.69, 9.17) is 15.0 Å². The molecule has 80 heavy (non-hydrogen) atoms. The van der Waals surface area contributed by atoms with E-state index in [1.54, 1.807) is 0 Å². The van der Waals surface area contributed by atoms with E-state index in [-0.39, 0.29) is 21.7 Å². The molecule has 0 atom stereocenters. The van der Waals surface area contributed by atoms with Crippen LogP contribution in [0.4, 0.5) is 0 Å². The van der Waals surface area contributed by atoms with Crippen LogP contribution in [0, 0.1) is 11.3 Å². The lowest BCUT2D eigenvalue weighted by Gasteiger charge is -2.22. The molecule has 0 aliphatic heterocycles. The zero-order valence-electron chi connectivity index (χ0n) is 48.2. The fourth-order valence-electron chi connectivity index (χ4n) is 11.3. The molecule has 394 valence electrons. The Bertz CT molecular complexity index is 4230. The van der Waals surface area contributed by atoms with Gasteiger partial charge in [-0.2, -0.15) is 5.26 Å². The van der Waals surface area contributed by atoms with Crippen LogP contribution in [-0.4, -0.2) is 24.1 Å². The summed E-state index contributed by atoms with van der Waals surface area (Å²) >= 11 is 0. The van der Waals surface area contributed by atoms with Crippen molar-refractivity contribution in [3.63, 3.8) is 0 Å². The first-order valence-corrected chi connectivity index (χ1v) is 28.0. The van der Waals surface area contributed by atoms with Gasteiger partial charge in [0.1, 0.15) is 0 Å². The molecule has 0 saturated heterocycles. The Hall–Kier alpha value is -8.92. The number of nitrogens with zero attached hydrogens (tertiary/aromatic N) is 6. The largest absolute Gasteiger partial charge is 0.309 e. The SMILES string of the molecule is CC(C)(C)c1ccc2c(c1)c1cc(C(C)(C)C)ccc1n2-c1ccc(-c2ccc(C#N)cc2)cc1-c1cc(-c2nc(-c3ccccc3)nc(-c3ccccc3)n2)ccc1-n1c2ccc(C(C)(C)C)cc2c2cc(C(C)(C)C)ccc21. The smallest absolute Gasteiger partial charge is 0.164 e. The van der Waals surface area contributed by atoms with Gasteiger partial charge in [0.15, 0.2) is 17.5 Å². The molecule has 0 aliphatic rings. The zero-order valence-corrected chi connectivity index (χ0v) is 48.2. The third-order valence-corrected chi connectivity index (χ3v) is 16.1. The fraction of sp³-hybridized carbons (Fsp3) is 0.216. The average molecular weight is 1040 g/mol. The highest BCUT2D eigenvalue weighted by Crippen LogP contribution is 2.46. The van der Waals surface area contributed by atoms with Crippen LogP contribution in [-0.2, 0) is 21.7 Å². The van der Waals surface area contributed by atoms with Gasteiger partial charge in [0.05, 0.1) is 45.1 Å². The number of rotatable bonds is 7. The summed E-state index contributed by atoms with van der Waals surface area (Å²) in [5.41, 5.74) is 18.8. The van der Waals surface area contributed by atoms with E-state index in [1.165, 1.54) is 43.8 Å². The van der Waals surface area contributed by atoms with Crippen molar-refractivity contribution < 1.29 is 0 Å². The number of fused-ring (bicyclic) bond motifs is 6. The summed E-state index contributed by atoms with van der Waals surface area (Å²) in [5.74, 6) is 1.78. The summed E-state index contributed by atoms with van der Waals surface area (Å²) in [6.07, 6.45) is 0. The topological polar surface area (TPSA) is 72.3 Å². The van der Waals surface area contributed by atoms with Gasteiger partial charge in [-0.3, -0.25) is 0 Å². The predicted octanol–water partition coefficient (Wildman–Crippen LogP) is 19.5. The second-order valence-corrected chi connectivity index (χ2v) is 25.8. The number of benzene rings is 9. The van der Waals surface area contributed by atoms with E-state index >= 15 is 0 Å². The highest BCUT2D eigenvalue weighted by atomic mass is 15.0. The molecule has 12 rings (SSSR count). The van der Waals surface area contributed by atoms with Crippen molar-refractivity contribution in [1.82, 2.24) is 24.1 Å². The summed E-state index contributed by atoms with van der Waals surface area (Å²) in [6.45, 7) is 27.5. The molecule has 3 heterocycles.